The number of benzene rings is 3. The fraction of sp³-hybridized carbons (Fsp3) is 0.269. The molecule has 0 fully saturated rings. The zero-order valence-corrected chi connectivity index (χ0v) is 21.2. The molecule has 1 unspecified atom stereocenters. The second kappa shape index (κ2) is 10.7. The Morgan fingerprint density at radius 2 is 1.56 bits per heavy atom. The van der Waals surface area contributed by atoms with E-state index in [1.807, 2.05) is 33.8 Å². The first kappa shape index (κ1) is 25.9. The molecule has 34 heavy (non-hydrogen) atoms. The van der Waals surface area contributed by atoms with Gasteiger partial charge in [0, 0.05) is 11.6 Å². The van der Waals surface area contributed by atoms with Gasteiger partial charge in [-0.2, -0.15) is 4.31 Å². The van der Waals surface area contributed by atoms with E-state index in [0.29, 0.717) is 10.6 Å². The largest absolute Gasteiger partial charge is 0.348 e. The van der Waals surface area contributed by atoms with Gasteiger partial charge in [-0.25, -0.2) is 12.8 Å². The fourth-order valence-corrected chi connectivity index (χ4v) is 5.26. The lowest BCUT2D eigenvalue weighted by atomic mass is 9.96. The molecule has 3 rings (SSSR count). The van der Waals surface area contributed by atoms with Gasteiger partial charge in [0.25, 0.3) is 0 Å². The maximum absolute atomic E-state index is 13.4. The Labute approximate surface area is 205 Å². The van der Waals surface area contributed by atoms with Gasteiger partial charge < -0.3 is 5.32 Å². The summed E-state index contributed by atoms with van der Waals surface area (Å²) in [4.78, 5) is 13.0. The molecule has 0 heterocycles. The Bertz CT molecular complexity index is 1280. The number of halogens is 2. The fourth-order valence-electron chi connectivity index (χ4n) is 3.75. The van der Waals surface area contributed by atoms with E-state index in [1.165, 1.54) is 54.1 Å². The van der Waals surface area contributed by atoms with Crippen molar-refractivity contribution in [3.63, 3.8) is 0 Å². The van der Waals surface area contributed by atoms with E-state index >= 15 is 0 Å². The summed E-state index contributed by atoms with van der Waals surface area (Å²) in [5, 5.41) is 3.32. The first-order valence-electron chi connectivity index (χ1n) is 10.8. The lowest BCUT2D eigenvalue weighted by molar-refractivity contribution is -0.122. The van der Waals surface area contributed by atoms with Gasteiger partial charge in [-0.1, -0.05) is 35.9 Å². The van der Waals surface area contributed by atoms with Crippen molar-refractivity contribution in [1.82, 2.24) is 9.62 Å². The molecule has 0 aliphatic heterocycles. The minimum Gasteiger partial charge on any atom is -0.348 e. The maximum atomic E-state index is 13.4. The minimum absolute atomic E-state index is 0.0184. The number of aryl methyl sites for hydroxylation is 3. The van der Waals surface area contributed by atoms with Crippen molar-refractivity contribution in [3.05, 3.63) is 99.3 Å². The summed E-state index contributed by atoms with van der Waals surface area (Å²) in [5.74, 6) is -0.865. The predicted octanol–water partition coefficient (Wildman–Crippen LogP) is 5.47. The van der Waals surface area contributed by atoms with Crippen LogP contribution in [0.1, 0.15) is 40.8 Å². The summed E-state index contributed by atoms with van der Waals surface area (Å²) in [7, 11) is -4.02. The van der Waals surface area contributed by atoms with Crippen LogP contribution < -0.4 is 5.32 Å². The normalized spacial score (nSPS) is 12.6. The highest BCUT2D eigenvalue weighted by Crippen LogP contribution is 2.23. The van der Waals surface area contributed by atoms with Crippen molar-refractivity contribution in [2.24, 2.45) is 0 Å². The maximum Gasteiger partial charge on any atom is 0.243 e. The lowest BCUT2D eigenvalue weighted by Crippen LogP contribution is -2.41. The predicted molar refractivity (Wildman–Crippen MR) is 133 cm³/mol. The van der Waals surface area contributed by atoms with Crippen LogP contribution in [0.5, 0.6) is 0 Å². The summed E-state index contributed by atoms with van der Waals surface area (Å²) in [6, 6.07) is 15.1. The molecule has 0 aliphatic rings. The Morgan fingerprint density at radius 3 is 2.18 bits per heavy atom. The van der Waals surface area contributed by atoms with E-state index < -0.39 is 28.3 Å². The minimum atomic E-state index is -4.02. The summed E-state index contributed by atoms with van der Waals surface area (Å²) < 4.78 is 41.2. The van der Waals surface area contributed by atoms with Crippen LogP contribution in [0, 0.1) is 26.6 Å². The summed E-state index contributed by atoms with van der Waals surface area (Å²) >= 11 is 5.91. The number of rotatable bonds is 8. The van der Waals surface area contributed by atoms with Gasteiger partial charge in [0.1, 0.15) is 5.82 Å². The molecule has 1 N–H and O–H groups in total. The number of hydrogen-bond acceptors (Lipinski definition) is 3. The molecule has 1 amide bonds. The summed E-state index contributed by atoms with van der Waals surface area (Å²) in [6.07, 6.45) is 0. The van der Waals surface area contributed by atoms with Gasteiger partial charge in [-0.05, 0) is 91.9 Å². The average Bonchev–Trinajstić information content (AvgIpc) is 2.77. The monoisotopic (exact) mass is 502 g/mol. The Morgan fingerprint density at radius 1 is 0.971 bits per heavy atom. The molecule has 180 valence electrons. The topological polar surface area (TPSA) is 66.5 Å². The van der Waals surface area contributed by atoms with Crippen LogP contribution in [0.4, 0.5) is 4.39 Å². The summed E-state index contributed by atoms with van der Waals surface area (Å²) in [6.45, 7) is 7.41. The van der Waals surface area contributed by atoms with Gasteiger partial charge in [-0.3, -0.25) is 4.79 Å². The van der Waals surface area contributed by atoms with Gasteiger partial charge in [0.05, 0.1) is 17.5 Å². The molecule has 5 nitrogen and oxygen atoms in total. The first-order chi connectivity index (χ1) is 16.0. The first-order valence-corrected chi connectivity index (χ1v) is 12.7. The van der Waals surface area contributed by atoms with Gasteiger partial charge in [-0.15, -0.1) is 0 Å². The summed E-state index contributed by atoms with van der Waals surface area (Å²) in [5.41, 5.74) is 4.86. The third kappa shape index (κ3) is 6.23. The Kier molecular flexibility index (Phi) is 8.13. The van der Waals surface area contributed by atoms with Crippen LogP contribution in [-0.4, -0.2) is 25.2 Å². The SMILES string of the molecule is Cc1cc(C)c(C(C)NC(=O)CN(Cc2ccc(F)cc2)S(=O)(=O)c2ccc(Cl)cc2)cc1C. The molecule has 1 atom stereocenters. The van der Waals surface area contributed by atoms with E-state index in [0.717, 1.165) is 21.0 Å². The quantitative estimate of drug-likeness (QED) is 0.444. The highest BCUT2D eigenvalue weighted by molar-refractivity contribution is 7.89. The van der Waals surface area contributed by atoms with Crippen LogP contribution in [0.3, 0.4) is 0 Å². The van der Waals surface area contributed by atoms with Crippen LogP contribution in [0.2, 0.25) is 5.02 Å². The number of carbonyl (C=O) groups excluding carboxylic acids is 1. The number of hydrogen-bond donors (Lipinski definition) is 1. The van der Waals surface area contributed by atoms with Crippen LogP contribution >= 0.6 is 11.6 Å². The van der Waals surface area contributed by atoms with E-state index in [4.69, 9.17) is 11.6 Å². The second-order valence-electron chi connectivity index (χ2n) is 8.44. The molecular formula is C26H28ClFN2O3S. The van der Waals surface area contributed by atoms with Crippen molar-refractivity contribution in [1.29, 1.82) is 0 Å². The number of sulfonamides is 1. The standard InChI is InChI=1S/C26H28ClFN2O3S/c1-17-13-19(3)25(14-18(17)2)20(4)29-26(31)16-30(15-21-5-9-23(28)10-6-21)34(32,33)24-11-7-22(27)8-12-24/h5-14,20H,15-16H2,1-4H3,(H,29,31). The molecular weight excluding hydrogens is 475 g/mol. The van der Waals surface area contributed by atoms with Gasteiger partial charge in [0.2, 0.25) is 15.9 Å². The van der Waals surface area contributed by atoms with Crippen molar-refractivity contribution in [2.45, 2.75) is 45.2 Å². The van der Waals surface area contributed by atoms with Crippen molar-refractivity contribution in [2.75, 3.05) is 6.54 Å². The highest BCUT2D eigenvalue weighted by Gasteiger charge is 2.27. The molecule has 0 aliphatic carbocycles. The van der Waals surface area contributed by atoms with Crippen molar-refractivity contribution in [3.8, 4) is 0 Å². The number of carbonyl (C=O) groups is 1. The number of nitrogens with zero attached hydrogens (tertiary/aromatic N) is 1. The molecule has 8 heteroatoms. The van der Waals surface area contributed by atoms with Crippen molar-refractivity contribution < 1.29 is 17.6 Å². The van der Waals surface area contributed by atoms with Gasteiger partial charge >= 0.3 is 0 Å². The third-order valence-electron chi connectivity index (χ3n) is 5.77. The number of amides is 1. The van der Waals surface area contributed by atoms with E-state index in [2.05, 4.69) is 11.4 Å². The van der Waals surface area contributed by atoms with E-state index in [1.54, 1.807) is 0 Å². The Balaban J connectivity index is 1.85. The molecule has 0 bridgehead atoms. The third-order valence-corrected chi connectivity index (χ3v) is 7.83. The lowest BCUT2D eigenvalue weighted by Gasteiger charge is -2.24. The molecule has 3 aromatic rings. The molecule has 0 spiro atoms. The van der Waals surface area contributed by atoms with E-state index in [9.17, 15) is 17.6 Å². The Hall–Kier alpha value is -2.74. The van der Waals surface area contributed by atoms with Crippen LogP contribution in [0.15, 0.2) is 65.6 Å². The second-order valence-corrected chi connectivity index (χ2v) is 10.8. The van der Waals surface area contributed by atoms with Crippen molar-refractivity contribution >= 4 is 27.5 Å². The molecule has 0 aromatic heterocycles. The van der Waals surface area contributed by atoms with E-state index in [-0.39, 0.29) is 17.5 Å². The smallest absolute Gasteiger partial charge is 0.243 e. The highest BCUT2D eigenvalue weighted by atomic mass is 35.5. The zero-order chi connectivity index (χ0) is 25.0. The average molecular weight is 503 g/mol. The molecule has 0 radical (unpaired) electrons. The van der Waals surface area contributed by atoms with Gasteiger partial charge in [0.15, 0.2) is 0 Å². The van der Waals surface area contributed by atoms with Crippen LogP contribution in [-0.2, 0) is 21.4 Å². The van der Waals surface area contributed by atoms with Crippen LogP contribution in [0.25, 0.3) is 0 Å². The molecule has 3 aromatic carbocycles. The molecule has 0 saturated carbocycles. The molecule has 0 saturated heterocycles. The number of nitrogens with one attached hydrogen (secondary N) is 1. The zero-order valence-electron chi connectivity index (χ0n) is 19.6.